The van der Waals surface area contributed by atoms with Crippen molar-refractivity contribution in [1.82, 2.24) is 9.97 Å². The van der Waals surface area contributed by atoms with Gasteiger partial charge < -0.3 is 9.47 Å². The molecule has 0 fully saturated rings. The van der Waals surface area contributed by atoms with Gasteiger partial charge in [0.1, 0.15) is 10.8 Å². The van der Waals surface area contributed by atoms with Gasteiger partial charge in [0.25, 0.3) is 0 Å². The molecule has 2 aromatic carbocycles. The molecule has 0 radical (unpaired) electrons. The van der Waals surface area contributed by atoms with E-state index in [-0.39, 0.29) is 0 Å². The Hall–Kier alpha value is -1.60. The summed E-state index contributed by atoms with van der Waals surface area (Å²) >= 11 is 15.4. The van der Waals surface area contributed by atoms with Crippen LogP contribution >= 0.6 is 46.7 Å². The van der Waals surface area contributed by atoms with Crippen LogP contribution in [0.4, 0.5) is 0 Å². The van der Waals surface area contributed by atoms with Crippen molar-refractivity contribution in [3.8, 4) is 11.5 Å². The summed E-state index contributed by atoms with van der Waals surface area (Å²) in [4.78, 5) is 10.0. The molecule has 0 saturated carbocycles. The molecule has 1 heterocycles. The van der Waals surface area contributed by atoms with Crippen LogP contribution in [0.1, 0.15) is 5.56 Å². The molecule has 140 valence electrons. The average Bonchev–Trinajstić information content (AvgIpc) is 2.68. The van der Waals surface area contributed by atoms with Crippen LogP contribution in [-0.2, 0) is 5.75 Å². The Morgan fingerprint density at radius 1 is 0.963 bits per heavy atom. The van der Waals surface area contributed by atoms with Crippen LogP contribution in [0.5, 0.6) is 11.5 Å². The first-order chi connectivity index (χ1) is 13.1. The van der Waals surface area contributed by atoms with Gasteiger partial charge >= 0.3 is 0 Å². The smallest absolute Gasteiger partial charge is 0.189 e. The highest BCUT2D eigenvalue weighted by Gasteiger charge is 2.12. The summed E-state index contributed by atoms with van der Waals surface area (Å²) in [6, 6.07) is 13.2. The number of aromatic nitrogens is 2. The summed E-state index contributed by atoms with van der Waals surface area (Å²) < 4.78 is 10.6. The van der Waals surface area contributed by atoms with E-state index in [4.69, 9.17) is 32.7 Å². The molecule has 0 aliphatic heterocycles. The van der Waals surface area contributed by atoms with E-state index in [0.29, 0.717) is 26.7 Å². The highest BCUT2D eigenvalue weighted by Crippen LogP contribution is 2.36. The Labute approximate surface area is 176 Å². The van der Waals surface area contributed by atoms with E-state index in [1.165, 1.54) is 23.5 Å². The van der Waals surface area contributed by atoms with E-state index < -0.39 is 0 Å². The van der Waals surface area contributed by atoms with Crippen molar-refractivity contribution in [2.75, 3.05) is 14.2 Å². The summed E-state index contributed by atoms with van der Waals surface area (Å²) in [5.74, 6) is 2.01. The monoisotopic (exact) mass is 438 g/mol. The van der Waals surface area contributed by atoms with Crippen molar-refractivity contribution in [1.29, 1.82) is 0 Å². The minimum absolute atomic E-state index is 0.581. The number of methoxy groups -OCH3 is 2. The third-order valence-corrected chi connectivity index (χ3v) is 6.19. The van der Waals surface area contributed by atoms with Gasteiger partial charge in [-0.15, -0.1) is 0 Å². The standard InChI is InChI=1S/C19H16Cl2N2O2S2/c1-24-12-6-8-13(9-7-12)27-18-17(25-2)10-22-19(23-18)26-11-14-15(20)4-3-5-16(14)21/h3-10H,11H2,1-2H3. The SMILES string of the molecule is COc1ccc(Sc2nc(SCc3c(Cl)cccc3Cl)ncc2OC)cc1. The van der Waals surface area contributed by atoms with E-state index in [9.17, 15) is 0 Å². The summed E-state index contributed by atoms with van der Waals surface area (Å²) in [5, 5.41) is 2.64. The Morgan fingerprint density at radius 2 is 1.67 bits per heavy atom. The number of hydrogen-bond acceptors (Lipinski definition) is 6. The number of hydrogen-bond donors (Lipinski definition) is 0. The van der Waals surface area contributed by atoms with E-state index in [1.54, 1.807) is 20.4 Å². The molecule has 4 nitrogen and oxygen atoms in total. The second-order valence-corrected chi connectivity index (χ2v) is 8.11. The topological polar surface area (TPSA) is 44.2 Å². The van der Waals surface area contributed by atoms with E-state index in [2.05, 4.69) is 9.97 Å². The predicted molar refractivity (Wildman–Crippen MR) is 112 cm³/mol. The van der Waals surface area contributed by atoms with E-state index >= 15 is 0 Å². The quantitative estimate of drug-likeness (QED) is 0.247. The molecule has 8 heteroatoms. The minimum Gasteiger partial charge on any atom is -0.497 e. The van der Waals surface area contributed by atoms with E-state index in [0.717, 1.165) is 21.2 Å². The number of halogens is 2. The molecule has 3 rings (SSSR count). The molecule has 0 aliphatic carbocycles. The first-order valence-electron chi connectivity index (χ1n) is 7.89. The van der Waals surface area contributed by atoms with Crippen LogP contribution < -0.4 is 9.47 Å². The van der Waals surface area contributed by atoms with E-state index in [1.807, 2.05) is 42.5 Å². The van der Waals surface area contributed by atoms with Crippen LogP contribution in [0.15, 0.2) is 63.7 Å². The molecule has 0 aliphatic rings. The van der Waals surface area contributed by atoms with Gasteiger partial charge in [0.05, 0.1) is 20.4 Å². The Morgan fingerprint density at radius 3 is 2.30 bits per heavy atom. The lowest BCUT2D eigenvalue weighted by Gasteiger charge is -2.10. The average molecular weight is 439 g/mol. The third kappa shape index (κ3) is 5.23. The fourth-order valence-corrected chi connectivity index (χ4v) is 4.66. The summed E-state index contributed by atoms with van der Waals surface area (Å²) in [7, 11) is 3.25. The van der Waals surface area contributed by atoms with Crippen LogP contribution in [0, 0.1) is 0 Å². The summed E-state index contributed by atoms with van der Waals surface area (Å²) in [6.07, 6.45) is 1.68. The van der Waals surface area contributed by atoms with Crippen molar-refractivity contribution in [3.63, 3.8) is 0 Å². The Balaban J connectivity index is 1.78. The van der Waals surface area contributed by atoms with Gasteiger partial charge in [-0.25, -0.2) is 9.97 Å². The van der Waals surface area contributed by atoms with Crippen LogP contribution in [0.2, 0.25) is 10.0 Å². The molecule has 0 saturated heterocycles. The molecular weight excluding hydrogens is 423 g/mol. The zero-order chi connectivity index (χ0) is 19.2. The molecule has 0 N–H and O–H groups in total. The molecule has 0 amide bonds. The first kappa shape index (κ1) is 20.1. The third-order valence-electron chi connectivity index (χ3n) is 3.60. The van der Waals surface area contributed by atoms with Crippen molar-refractivity contribution in [3.05, 3.63) is 64.3 Å². The highest BCUT2D eigenvalue weighted by molar-refractivity contribution is 7.99. The lowest BCUT2D eigenvalue weighted by Crippen LogP contribution is -1.95. The zero-order valence-corrected chi connectivity index (χ0v) is 17.8. The van der Waals surface area contributed by atoms with Crippen molar-refractivity contribution in [2.45, 2.75) is 20.8 Å². The van der Waals surface area contributed by atoms with Gasteiger partial charge in [0, 0.05) is 20.7 Å². The van der Waals surface area contributed by atoms with Gasteiger partial charge in [0.2, 0.25) is 0 Å². The lowest BCUT2D eigenvalue weighted by atomic mass is 10.2. The second-order valence-electron chi connectivity index (χ2n) is 5.29. The van der Waals surface area contributed by atoms with Crippen molar-refractivity contribution in [2.24, 2.45) is 0 Å². The molecule has 1 aromatic heterocycles. The molecule has 0 bridgehead atoms. The maximum absolute atomic E-state index is 6.23. The number of thioether (sulfide) groups is 1. The maximum atomic E-state index is 6.23. The Bertz CT molecular complexity index is 904. The largest absolute Gasteiger partial charge is 0.497 e. The number of nitrogens with zero attached hydrogens (tertiary/aromatic N) is 2. The van der Waals surface area contributed by atoms with Gasteiger partial charge in [-0.3, -0.25) is 0 Å². The lowest BCUT2D eigenvalue weighted by molar-refractivity contribution is 0.395. The summed E-state index contributed by atoms with van der Waals surface area (Å²) in [6.45, 7) is 0. The van der Waals surface area contributed by atoms with Crippen LogP contribution in [0.3, 0.4) is 0 Å². The minimum atomic E-state index is 0.581. The zero-order valence-electron chi connectivity index (χ0n) is 14.6. The van der Waals surface area contributed by atoms with Gasteiger partial charge in [-0.2, -0.15) is 0 Å². The maximum Gasteiger partial charge on any atom is 0.189 e. The highest BCUT2D eigenvalue weighted by atomic mass is 35.5. The molecule has 27 heavy (non-hydrogen) atoms. The predicted octanol–water partition coefficient (Wildman–Crippen LogP) is 6.24. The van der Waals surface area contributed by atoms with Crippen LogP contribution in [-0.4, -0.2) is 24.2 Å². The molecule has 0 atom stereocenters. The van der Waals surface area contributed by atoms with Gasteiger partial charge in [-0.1, -0.05) is 52.8 Å². The normalized spacial score (nSPS) is 10.7. The molecule has 0 spiro atoms. The number of rotatable bonds is 7. The van der Waals surface area contributed by atoms with Crippen molar-refractivity contribution < 1.29 is 9.47 Å². The molecular formula is C19H16Cl2N2O2S2. The first-order valence-corrected chi connectivity index (χ1v) is 10.4. The number of benzene rings is 2. The molecule has 3 aromatic rings. The fraction of sp³-hybridized carbons (Fsp3) is 0.158. The summed E-state index contributed by atoms with van der Waals surface area (Å²) in [5.41, 5.74) is 0.870. The molecule has 0 unspecified atom stereocenters. The van der Waals surface area contributed by atoms with Crippen LogP contribution in [0.25, 0.3) is 0 Å². The second kappa shape index (κ2) is 9.55. The Kier molecular flexibility index (Phi) is 7.13. The van der Waals surface area contributed by atoms with Gasteiger partial charge in [0.15, 0.2) is 10.9 Å². The number of ether oxygens (including phenoxy) is 2. The van der Waals surface area contributed by atoms with Crippen molar-refractivity contribution >= 4 is 46.7 Å². The fourth-order valence-electron chi connectivity index (χ4n) is 2.18. The van der Waals surface area contributed by atoms with Gasteiger partial charge in [-0.05, 0) is 42.0 Å².